The number of imidazole rings is 1. The van der Waals surface area contributed by atoms with Crippen LogP contribution in [0.15, 0.2) is 58.6 Å². The summed E-state index contributed by atoms with van der Waals surface area (Å²) in [6, 6.07) is 6.71. The molecule has 2 aromatic carbocycles. The van der Waals surface area contributed by atoms with Gasteiger partial charge in [0.2, 0.25) is 21.4 Å². The lowest BCUT2D eigenvalue weighted by Gasteiger charge is -2.19. The van der Waals surface area contributed by atoms with Crippen molar-refractivity contribution in [2.75, 3.05) is 18.4 Å². The topological polar surface area (TPSA) is 245 Å². The number of ketones is 2. The largest absolute Gasteiger partial charge is 0.480 e. The van der Waals surface area contributed by atoms with Crippen LogP contribution in [-0.4, -0.2) is 87.9 Å². The van der Waals surface area contributed by atoms with Crippen LogP contribution in [0.25, 0.3) is 10.9 Å². The summed E-state index contributed by atoms with van der Waals surface area (Å²) in [5.74, 6) is -8.93. The maximum atomic E-state index is 13.4. The zero-order chi connectivity index (χ0) is 42.3. The van der Waals surface area contributed by atoms with E-state index in [1.165, 1.54) is 18.6 Å². The Morgan fingerprint density at radius 2 is 1.55 bits per heavy atom. The van der Waals surface area contributed by atoms with Gasteiger partial charge in [-0.15, -0.1) is 0 Å². The average Bonchev–Trinajstić information content (AvgIpc) is 3.50. The Bertz CT molecular complexity index is 2260. The van der Waals surface area contributed by atoms with Gasteiger partial charge in [0, 0.05) is 31.2 Å². The highest BCUT2D eigenvalue weighted by molar-refractivity contribution is 7.89. The third-order valence-electron chi connectivity index (χ3n) is 7.72. The molecule has 0 radical (unpaired) electrons. The van der Waals surface area contributed by atoms with E-state index in [-0.39, 0.29) is 28.3 Å². The second-order valence-electron chi connectivity index (χ2n) is 12.1. The minimum atomic E-state index is -5.77. The molecule has 0 bridgehead atoms. The van der Waals surface area contributed by atoms with E-state index in [4.69, 9.17) is 5.73 Å². The first-order valence-corrected chi connectivity index (χ1v) is 17.5. The average molecular weight is 820 g/mol. The number of benzene rings is 2. The minimum Gasteiger partial charge on any atom is -0.480 e. The summed E-state index contributed by atoms with van der Waals surface area (Å²) in [6.07, 6.45) is -6.81. The lowest BCUT2D eigenvalue weighted by molar-refractivity contribution is -0.193. The van der Waals surface area contributed by atoms with Crippen molar-refractivity contribution in [2.45, 2.75) is 63.6 Å². The Balaban J connectivity index is 0.000000604. The van der Waals surface area contributed by atoms with Gasteiger partial charge in [-0.3, -0.25) is 24.0 Å². The number of nitrogens with one attached hydrogen (secondary N) is 3. The molecule has 1 unspecified atom stereocenters. The number of fused-ring (bicyclic) bond motifs is 1. The number of hydrogen-bond donors (Lipinski definition) is 6. The number of amides is 1. The second kappa shape index (κ2) is 17.8. The number of carbonyl (C=O) groups is 4. The predicted octanol–water partition coefficient (Wildman–Crippen LogP) is 2.73. The maximum Gasteiger partial charge on any atom is 0.458 e. The Morgan fingerprint density at radius 1 is 0.964 bits per heavy atom. The molecule has 0 fully saturated rings. The van der Waals surface area contributed by atoms with Crippen LogP contribution in [0.4, 0.5) is 32.3 Å². The standard InChI is InChI=1S/C29H35N7O7S.C4F6O2/c1-17-11-18(2)26(19(3)12-17)44(42,43)34-23(28(39)40)15-32-27(38)22-16-35(9-4-7-30)24-13-20(5-6-21(24)25(22)37)14-33-29-31-8-10-36(29)41;5-3(6,7)1(11)2(12)4(8,9)10/h5-6,8,10-13,16,23,34,41H,4,7,9,14-15,30H2,1-3H3,(H,31,33)(H,32,38)(H,39,40);. The highest BCUT2D eigenvalue weighted by Crippen LogP contribution is 2.24. The summed E-state index contributed by atoms with van der Waals surface area (Å²) in [5.41, 5.74) is 7.99. The number of aromatic nitrogens is 3. The molecule has 4 aromatic rings. The van der Waals surface area contributed by atoms with Crippen molar-refractivity contribution in [2.24, 2.45) is 5.73 Å². The summed E-state index contributed by atoms with van der Waals surface area (Å²) >= 11 is 0. The van der Waals surface area contributed by atoms with Crippen LogP contribution >= 0.6 is 0 Å². The SMILES string of the molecule is Cc1cc(C)c(S(=O)(=O)NC(CNC(=O)c2cn(CCCN)c3cc(CNc4nccn4O)ccc3c2=O)C(=O)O)c(C)c1.O=C(C(=O)C(F)(F)F)C(F)(F)F. The fourth-order valence-electron chi connectivity index (χ4n) is 5.32. The molecule has 4 rings (SSSR count). The Hall–Kier alpha value is -5.81. The molecule has 304 valence electrons. The summed E-state index contributed by atoms with van der Waals surface area (Å²) in [5, 5.41) is 25.1. The number of nitrogens with zero attached hydrogens (tertiary/aromatic N) is 3. The van der Waals surface area contributed by atoms with E-state index < -0.39 is 63.8 Å². The third-order valence-corrected chi connectivity index (χ3v) is 9.50. The Kier molecular flexibility index (Phi) is 14.1. The molecular formula is C33H35F6N7O9S. The van der Waals surface area contributed by atoms with Gasteiger partial charge < -0.3 is 31.2 Å². The number of halogens is 6. The molecule has 16 nitrogen and oxygen atoms in total. The zero-order valence-electron chi connectivity index (χ0n) is 29.6. The van der Waals surface area contributed by atoms with E-state index in [0.717, 1.165) is 15.9 Å². The third kappa shape index (κ3) is 11.1. The van der Waals surface area contributed by atoms with Crippen LogP contribution in [0.5, 0.6) is 0 Å². The molecule has 7 N–H and O–H groups in total. The van der Waals surface area contributed by atoms with E-state index in [0.29, 0.717) is 36.2 Å². The van der Waals surface area contributed by atoms with E-state index in [2.05, 4.69) is 20.3 Å². The first kappa shape index (κ1) is 44.6. The number of aliphatic carboxylic acids is 1. The van der Waals surface area contributed by atoms with Crippen molar-refractivity contribution < 1.29 is 64.3 Å². The molecule has 23 heteroatoms. The van der Waals surface area contributed by atoms with Crippen LogP contribution in [-0.2, 0) is 37.5 Å². The molecule has 0 aliphatic heterocycles. The molecule has 1 amide bonds. The number of aryl methyl sites for hydroxylation is 4. The number of carbonyl (C=O) groups excluding carboxylic acids is 3. The molecule has 0 aliphatic carbocycles. The van der Waals surface area contributed by atoms with E-state index >= 15 is 0 Å². The van der Waals surface area contributed by atoms with Gasteiger partial charge in [0.25, 0.3) is 5.91 Å². The number of Topliss-reactive ketones (excluding diaryl/α,β-unsaturated/α-hetero) is 2. The fraction of sp³-hybridized carbons (Fsp3) is 0.333. The molecule has 2 aromatic heterocycles. The van der Waals surface area contributed by atoms with Crippen molar-refractivity contribution >= 4 is 50.3 Å². The number of anilines is 1. The monoisotopic (exact) mass is 819 g/mol. The first-order chi connectivity index (χ1) is 25.9. The highest BCUT2D eigenvalue weighted by atomic mass is 32.2. The van der Waals surface area contributed by atoms with Gasteiger partial charge in [-0.2, -0.15) is 35.8 Å². The summed E-state index contributed by atoms with van der Waals surface area (Å²) in [4.78, 5) is 61.8. The number of hydrogen-bond acceptors (Lipinski definition) is 11. The van der Waals surface area contributed by atoms with Gasteiger partial charge in [0.05, 0.1) is 22.8 Å². The van der Waals surface area contributed by atoms with Crippen LogP contribution in [0.2, 0.25) is 0 Å². The van der Waals surface area contributed by atoms with Crippen LogP contribution in [0.1, 0.15) is 39.0 Å². The zero-order valence-corrected chi connectivity index (χ0v) is 30.4. The lowest BCUT2D eigenvalue weighted by Crippen LogP contribution is -2.49. The molecule has 0 saturated heterocycles. The fourth-order valence-corrected chi connectivity index (χ4v) is 6.96. The van der Waals surface area contributed by atoms with Crippen molar-refractivity contribution in [3.8, 4) is 0 Å². The number of sulfonamides is 1. The number of nitrogens with two attached hydrogens (primary N) is 1. The van der Waals surface area contributed by atoms with Crippen LogP contribution in [0.3, 0.4) is 0 Å². The smallest absolute Gasteiger partial charge is 0.458 e. The van der Waals surface area contributed by atoms with E-state index in [1.54, 1.807) is 48.7 Å². The van der Waals surface area contributed by atoms with Crippen LogP contribution < -0.4 is 26.5 Å². The van der Waals surface area contributed by atoms with Crippen molar-refractivity contribution in [1.82, 2.24) is 24.3 Å². The van der Waals surface area contributed by atoms with Gasteiger partial charge in [0.1, 0.15) is 11.6 Å². The van der Waals surface area contributed by atoms with E-state index in [9.17, 15) is 69.0 Å². The van der Waals surface area contributed by atoms with Gasteiger partial charge >= 0.3 is 29.9 Å². The normalized spacial score (nSPS) is 12.4. The molecule has 56 heavy (non-hydrogen) atoms. The molecule has 0 saturated carbocycles. The summed E-state index contributed by atoms with van der Waals surface area (Å²) in [6.45, 7) is 5.48. The Labute approximate surface area is 313 Å². The minimum absolute atomic E-state index is 0.0332. The molecular weight excluding hydrogens is 784 g/mol. The number of carboxylic acids is 1. The molecule has 2 heterocycles. The number of pyridine rings is 1. The quantitative estimate of drug-likeness (QED) is 0.0611. The van der Waals surface area contributed by atoms with Gasteiger partial charge in [-0.25, -0.2) is 13.4 Å². The molecule has 0 aliphatic rings. The van der Waals surface area contributed by atoms with Crippen LogP contribution in [0, 0.1) is 20.8 Å². The summed E-state index contributed by atoms with van der Waals surface area (Å²) < 4.78 is 98.0. The highest BCUT2D eigenvalue weighted by Gasteiger charge is 2.54. The molecule has 1 atom stereocenters. The van der Waals surface area contributed by atoms with Gasteiger partial charge in [-0.1, -0.05) is 23.8 Å². The van der Waals surface area contributed by atoms with Gasteiger partial charge in [-0.05, 0) is 62.6 Å². The van der Waals surface area contributed by atoms with Crippen molar-refractivity contribution in [3.63, 3.8) is 0 Å². The van der Waals surface area contributed by atoms with Crippen molar-refractivity contribution in [3.05, 3.63) is 87.0 Å². The summed E-state index contributed by atoms with van der Waals surface area (Å²) in [7, 11) is -4.26. The van der Waals surface area contributed by atoms with Gasteiger partial charge in [0.15, 0.2) is 0 Å². The maximum absolute atomic E-state index is 13.4. The lowest BCUT2D eigenvalue weighted by atomic mass is 10.1. The Morgan fingerprint density at radius 3 is 2.05 bits per heavy atom. The predicted molar refractivity (Wildman–Crippen MR) is 185 cm³/mol. The second-order valence-corrected chi connectivity index (χ2v) is 13.8. The number of rotatable bonds is 14. The number of alkyl halides is 6. The molecule has 0 spiro atoms. The number of carboxylic acid groups (broad SMARTS) is 1. The first-order valence-electron chi connectivity index (χ1n) is 16.1. The van der Waals surface area contributed by atoms with Crippen molar-refractivity contribution in [1.29, 1.82) is 0 Å². The van der Waals surface area contributed by atoms with E-state index in [1.807, 2.05) is 6.92 Å².